The summed E-state index contributed by atoms with van der Waals surface area (Å²) in [7, 11) is 1.63. The number of nitrogens with zero attached hydrogens (tertiary/aromatic N) is 3. The predicted molar refractivity (Wildman–Crippen MR) is 115 cm³/mol. The number of anilines is 1. The van der Waals surface area contributed by atoms with Crippen molar-refractivity contribution in [2.45, 2.75) is 37.3 Å². The molecule has 14 heteroatoms. The number of nitrogen functional groups attached to an aromatic ring is 1. The number of hydrogen-bond acceptors (Lipinski definition) is 8. The van der Waals surface area contributed by atoms with Gasteiger partial charge < -0.3 is 37.3 Å². The summed E-state index contributed by atoms with van der Waals surface area (Å²) in [6.45, 7) is 0.403. The zero-order valence-electron chi connectivity index (χ0n) is 16.8. The van der Waals surface area contributed by atoms with Gasteiger partial charge in [-0.15, -0.1) is 12.4 Å². The molecule has 0 radical (unpaired) electrons. The second kappa shape index (κ2) is 11.3. The maximum atomic E-state index is 12.3. The van der Waals surface area contributed by atoms with E-state index in [2.05, 4.69) is 10.3 Å². The Morgan fingerprint density at radius 3 is 2.71 bits per heavy atom. The van der Waals surface area contributed by atoms with Crippen LogP contribution in [0.1, 0.15) is 19.1 Å². The number of hydrogen-bond donors (Lipinski definition) is 6. The van der Waals surface area contributed by atoms with Crippen molar-refractivity contribution in [3.8, 4) is 0 Å². The summed E-state index contributed by atoms with van der Waals surface area (Å²) < 4.78 is 6.57. The summed E-state index contributed by atoms with van der Waals surface area (Å²) in [5.41, 5.74) is 16.0. The van der Waals surface area contributed by atoms with Crippen molar-refractivity contribution in [3.63, 3.8) is 0 Å². The van der Waals surface area contributed by atoms with Crippen molar-refractivity contribution in [1.82, 2.24) is 19.8 Å². The van der Waals surface area contributed by atoms with E-state index >= 15 is 0 Å². The summed E-state index contributed by atoms with van der Waals surface area (Å²) >= 11 is 0. The number of carboxylic acid groups (broad SMARTS) is 1. The Bertz CT molecular complexity index is 892. The molecule has 0 bridgehead atoms. The van der Waals surface area contributed by atoms with Gasteiger partial charge in [0.05, 0.1) is 6.04 Å². The van der Waals surface area contributed by atoms with Crippen molar-refractivity contribution >= 4 is 36.1 Å². The monoisotopic (exact) mass is 458 g/mol. The van der Waals surface area contributed by atoms with Gasteiger partial charge in [0, 0.05) is 32.3 Å². The number of guanidine groups is 1. The average Bonchev–Trinajstić information content (AvgIpc) is 2.66. The Morgan fingerprint density at radius 1 is 1.45 bits per heavy atom. The van der Waals surface area contributed by atoms with Gasteiger partial charge in [0.15, 0.2) is 18.3 Å². The van der Waals surface area contributed by atoms with Crippen LogP contribution < -0.4 is 28.2 Å². The van der Waals surface area contributed by atoms with Crippen molar-refractivity contribution in [3.05, 3.63) is 34.9 Å². The summed E-state index contributed by atoms with van der Waals surface area (Å²) in [4.78, 5) is 40.9. The summed E-state index contributed by atoms with van der Waals surface area (Å²) in [6.07, 6.45) is 2.17. The minimum absolute atomic E-state index is 0. The van der Waals surface area contributed by atoms with Crippen LogP contribution in [0.3, 0.4) is 0 Å². The van der Waals surface area contributed by atoms with Crippen LogP contribution in [-0.2, 0) is 14.3 Å². The fraction of sp³-hybridized carbons (Fsp3) is 0.471. The maximum Gasteiger partial charge on any atom is 0.351 e. The van der Waals surface area contributed by atoms with E-state index in [1.165, 1.54) is 29.3 Å². The van der Waals surface area contributed by atoms with E-state index in [4.69, 9.17) is 27.3 Å². The van der Waals surface area contributed by atoms with E-state index in [9.17, 15) is 19.5 Å². The van der Waals surface area contributed by atoms with Gasteiger partial charge in [0.1, 0.15) is 5.82 Å². The van der Waals surface area contributed by atoms with E-state index in [1.54, 1.807) is 7.05 Å². The third-order valence-electron chi connectivity index (χ3n) is 4.49. The molecule has 0 aromatic carbocycles. The quantitative estimate of drug-likeness (QED) is 0.146. The number of aromatic nitrogens is 2. The number of ether oxygens (including phenoxy) is 1. The highest BCUT2D eigenvalue weighted by Gasteiger charge is 2.35. The minimum atomic E-state index is -1.42. The molecule has 2 heterocycles. The van der Waals surface area contributed by atoms with E-state index in [-0.39, 0.29) is 30.6 Å². The van der Waals surface area contributed by atoms with Crippen molar-refractivity contribution in [2.24, 2.45) is 11.5 Å². The third-order valence-corrected chi connectivity index (χ3v) is 4.49. The third kappa shape index (κ3) is 7.24. The maximum absolute atomic E-state index is 12.3. The normalized spacial score (nSPS) is 20.9. The minimum Gasteiger partial charge on any atom is -0.479 e. The number of rotatable bonds is 8. The number of nitrogens with two attached hydrogens (primary N) is 3. The lowest BCUT2D eigenvalue weighted by molar-refractivity contribution is -0.159. The highest BCUT2D eigenvalue weighted by atomic mass is 35.5. The van der Waals surface area contributed by atoms with Gasteiger partial charge in [0.25, 0.3) is 0 Å². The molecule has 0 saturated heterocycles. The van der Waals surface area contributed by atoms with E-state index in [1.807, 2.05) is 0 Å². The Morgan fingerprint density at radius 2 is 2.13 bits per heavy atom. The molecule has 4 atom stereocenters. The molecule has 0 spiro atoms. The average molecular weight is 459 g/mol. The number of amides is 1. The molecular weight excluding hydrogens is 432 g/mol. The lowest BCUT2D eigenvalue weighted by Crippen LogP contribution is -2.51. The molecule has 1 aromatic heterocycles. The molecule has 0 aliphatic carbocycles. The standard InChI is InChI=1S/C17H26N8O5.ClH/c1-24(16(20)21)6-4-9(18)8-12(26)22-10-2-3-13(30-14(10)15(27)28)25-7-5-11(19)23-17(25)29;/h2-3,5,7,9-10,13-14H,4,6,8,18H2,1H3,(H3,20,21)(H,22,26)(H,27,28)(H2,19,23,29);1H/t9-,10-,13+,14-;/m0./s1. The number of carboxylic acids is 1. The highest BCUT2D eigenvalue weighted by molar-refractivity contribution is 5.85. The van der Waals surface area contributed by atoms with Crippen LogP contribution in [0.15, 0.2) is 29.2 Å². The molecule has 13 nitrogen and oxygen atoms in total. The van der Waals surface area contributed by atoms with Gasteiger partial charge in [-0.3, -0.25) is 14.8 Å². The molecule has 2 rings (SSSR count). The van der Waals surface area contributed by atoms with Gasteiger partial charge >= 0.3 is 11.7 Å². The zero-order chi connectivity index (χ0) is 22.4. The topological polar surface area (TPSA) is 216 Å². The van der Waals surface area contributed by atoms with Crippen LogP contribution in [0.5, 0.6) is 0 Å². The van der Waals surface area contributed by atoms with Gasteiger partial charge in [-0.25, -0.2) is 9.59 Å². The van der Waals surface area contributed by atoms with Crippen LogP contribution in [0.25, 0.3) is 0 Å². The summed E-state index contributed by atoms with van der Waals surface area (Å²) in [5.74, 6) is -1.84. The first kappa shape index (κ1) is 25.9. The molecule has 0 unspecified atom stereocenters. The smallest absolute Gasteiger partial charge is 0.351 e. The molecule has 9 N–H and O–H groups in total. The van der Waals surface area contributed by atoms with Gasteiger partial charge in [-0.2, -0.15) is 4.98 Å². The number of halogens is 1. The SMILES string of the molecule is CN(CC[C@H](N)CC(=O)N[C@H]1C=C[C@H](n2ccc(N)nc2=O)O[C@@H]1C(=O)O)C(=N)N.Cl. The van der Waals surface area contributed by atoms with Crippen molar-refractivity contribution in [1.29, 1.82) is 5.41 Å². The Labute approximate surface area is 184 Å². The number of aliphatic carboxylic acids is 1. The Balaban J connectivity index is 0.00000480. The second-order valence-electron chi connectivity index (χ2n) is 6.87. The van der Waals surface area contributed by atoms with Crippen LogP contribution in [0.2, 0.25) is 0 Å². The Hall–Kier alpha value is -3.16. The number of nitrogens with one attached hydrogen (secondary N) is 2. The lowest BCUT2D eigenvalue weighted by atomic mass is 10.1. The molecule has 0 fully saturated rings. The molecular formula is C17H27ClN8O5. The molecule has 1 aliphatic rings. The van der Waals surface area contributed by atoms with Gasteiger partial charge in [-0.1, -0.05) is 6.08 Å². The molecule has 172 valence electrons. The first-order chi connectivity index (χ1) is 14.1. The van der Waals surface area contributed by atoms with E-state index in [0.717, 1.165) is 4.57 Å². The van der Waals surface area contributed by atoms with Gasteiger partial charge in [0.2, 0.25) is 5.91 Å². The molecule has 0 saturated carbocycles. The fourth-order valence-electron chi connectivity index (χ4n) is 2.77. The van der Waals surface area contributed by atoms with Gasteiger partial charge in [-0.05, 0) is 18.6 Å². The predicted octanol–water partition coefficient (Wildman–Crippen LogP) is -1.80. The van der Waals surface area contributed by atoms with Crippen LogP contribution in [0.4, 0.5) is 5.82 Å². The van der Waals surface area contributed by atoms with Crippen molar-refractivity contribution < 1.29 is 19.4 Å². The molecule has 31 heavy (non-hydrogen) atoms. The Kier molecular flexibility index (Phi) is 9.42. The first-order valence-electron chi connectivity index (χ1n) is 9.10. The fourth-order valence-corrected chi connectivity index (χ4v) is 2.77. The first-order valence-corrected chi connectivity index (χ1v) is 9.10. The zero-order valence-corrected chi connectivity index (χ0v) is 17.6. The number of carbonyl (C=O) groups excluding carboxylic acids is 1. The summed E-state index contributed by atoms with van der Waals surface area (Å²) in [6, 6.07) is -0.0702. The van der Waals surface area contributed by atoms with Crippen LogP contribution in [-0.4, -0.2) is 69.2 Å². The summed E-state index contributed by atoms with van der Waals surface area (Å²) in [5, 5.41) is 19.4. The second-order valence-corrected chi connectivity index (χ2v) is 6.87. The molecule has 1 amide bonds. The van der Waals surface area contributed by atoms with E-state index < -0.39 is 42.0 Å². The largest absolute Gasteiger partial charge is 0.479 e. The molecule has 1 aromatic rings. The highest BCUT2D eigenvalue weighted by Crippen LogP contribution is 2.20. The lowest BCUT2D eigenvalue weighted by Gasteiger charge is -2.31. The van der Waals surface area contributed by atoms with Crippen molar-refractivity contribution in [2.75, 3.05) is 19.3 Å². The molecule has 1 aliphatic heterocycles. The van der Waals surface area contributed by atoms with Crippen LogP contribution >= 0.6 is 12.4 Å². The number of carbonyl (C=O) groups is 2. The van der Waals surface area contributed by atoms with Crippen LogP contribution in [0, 0.1) is 5.41 Å². The van der Waals surface area contributed by atoms with E-state index in [0.29, 0.717) is 13.0 Å².